The summed E-state index contributed by atoms with van der Waals surface area (Å²) >= 11 is 0. The van der Waals surface area contributed by atoms with Crippen molar-refractivity contribution < 1.29 is 59.8 Å². The van der Waals surface area contributed by atoms with Gasteiger partial charge in [0.05, 0.1) is 0 Å². The molecule has 2 aliphatic rings. The number of benzene rings is 3. The van der Waals surface area contributed by atoms with Gasteiger partial charge in [0.1, 0.15) is 12.1 Å². The van der Waals surface area contributed by atoms with E-state index in [9.17, 15) is 54.7 Å². The number of aryl methyl sites for hydroxylation is 1. The summed E-state index contributed by atoms with van der Waals surface area (Å²) in [4.78, 5) is 66.5. The van der Waals surface area contributed by atoms with Crippen LogP contribution < -0.4 is 26.6 Å². The standard InChI is InChI=1S/C42H43F7N8O6/c1-22-19-28(35(59)53-31-3-2-18-50-36(31)60)14-17-30(22)25-8-4-23(5-9-25)20-32(54-34(58)27-10-6-24(7-11-27)21-51-39(62)63)37(61)52-29-15-12-26(13-16-29)33-55-38(57-56-33)40(43,44)41(45,46)42(47,48)49/h4-5,8-9,12-17,19,24,27,31-32,51H,2-3,6-7,10-11,18,20-21H2,1H3,(H,50,60)(H,52,61)(H,53,59)(H,54,58)(H,62,63)(H,55,56,57)/t24?,27?,31?,32-/m0/s1. The lowest BCUT2D eigenvalue weighted by Crippen LogP contribution is -2.50. The van der Waals surface area contributed by atoms with Gasteiger partial charge in [-0.05, 0) is 110 Å². The van der Waals surface area contributed by atoms with E-state index < -0.39 is 59.7 Å². The average molecular weight is 889 g/mol. The van der Waals surface area contributed by atoms with Crippen molar-refractivity contribution >= 4 is 35.4 Å². The van der Waals surface area contributed by atoms with Crippen LogP contribution in [0.3, 0.4) is 0 Å². The second-order valence-electron chi connectivity index (χ2n) is 15.6. The number of halogens is 7. The highest BCUT2D eigenvalue weighted by atomic mass is 19.4. The van der Waals surface area contributed by atoms with Gasteiger partial charge in [-0.1, -0.05) is 30.3 Å². The number of hydrogen-bond acceptors (Lipinski definition) is 7. The van der Waals surface area contributed by atoms with E-state index in [4.69, 9.17) is 5.11 Å². The van der Waals surface area contributed by atoms with Gasteiger partial charge in [0.2, 0.25) is 23.5 Å². The summed E-state index contributed by atoms with van der Waals surface area (Å²) in [6, 6.07) is 15.6. The van der Waals surface area contributed by atoms with E-state index in [0.717, 1.165) is 23.1 Å². The number of rotatable bonds is 14. The Labute approximate surface area is 355 Å². The molecule has 2 fully saturated rings. The summed E-state index contributed by atoms with van der Waals surface area (Å²) in [5.41, 5.74) is 3.53. The zero-order valence-electron chi connectivity index (χ0n) is 33.6. The summed E-state index contributed by atoms with van der Waals surface area (Å²) in [6.45, 7) is 2.66. The lowest BCUT2D eigenvalue weighted by molar-refractivity contribution is -0.361. The molecule has 0 radical (unpaired) electrons. The smallest absolute Gasteiger partial charge is 0.460 e. The average Bonchev–Trinajstić information content (AvgIpc) is 3.75. The third-order valence-electron chi connectivity index (χ3n) is 11.1. The normalized spacial score (nSPS) is 18.7. The van der Waals surface area contributed by atoms with Crippen molar-refractivity contribution in [1.29, 1.82) is 0 Å². The number of nitrogens with one attached hydrogen (secondary N) is 6. The van der Waals surface area contributed by atoms with Gasteiger partial charge < -0.3 is 31.7 Å². The Kier molecular flexibility index (Phi) is 13.7. The molecule has 14 nitrogen and oxygen atoms in total. The number of aromatic amines is 1. The van der Waals surface area contributed by atoms with Crippen LogP contribution in [0, 0.1) is 18.8 Å². The van der Waals surface area contributed by atoms with Gasteiger partial charge in [-0.3, -0.25) is 24.3 Å². The number of piperidine rings is 1. The molecule has 63 heavy (non-hydrogen) atoms. The zero-order valence-corrected chi connectivity index (χ0v) is 33.6. The van der Waals surface area contributed by atoms with Gasteiger partial charge in [0.15, 0.2) is 5.82 Å². The van der Waals surface area contributed by atoms with Crippen molar-refractivity contribution in [2.45, 2.75) is 82.0 Å². The number of hydrogen-bond donors (Lipinski definition) is 7. The van der Waals surface area contributed by atoms with Crippen LogP contribution in [0.4, 0.5) is 41.2 Å². The van der Waals surface area contributed by atoms with Gasteiger partial charge in [-0.25, -0.2) is 9.78 Å². The second-order valence-corrected chi connectivity index (χ2v) is 15.6. The number of nitrogens with zero attached hydrogens (tertiary/aromatic N) is 2. The topological polar surface area (TPSA) is 207 Å². The fraction of sp³-hybridized carbons (Fsp3) is 0.405. The highest BCUT2D eigenvalue weighted by Gasteiger charge is 2.75. The Hall–Kier alpha value is -6.54. The molecule has 6 rings (SSSR count). The van der Waals surface area contributed by atoms with E-state index in [-0.39, 0.29) is 47.9 Å². The van der Waals surface area contributed by atoms with Gasteiger partial charge in [-0.2, -0.15) is 35.8 Å². The van der Waals surface area contributed by atoms with E-state index in [0.29, 0.717) is 49.8 Å². The molecule has 0 bridgehead atoms. The third-order valence-corrected chi connectivity index (χ3v) is 11.1. The maximum absolute atomic E-state index is 14.2. The van der Waals surface area contributed by atoms with E-state index in [1.165, 1.54) is 29.4 Å². The molecule has 1 aliphatic carbocycles. The molecule has 1 saturated carbocycles. The first kappa shape index (κ1) is 46.0. The Morgan fingerprint density at radius 3 is 2.16 bits per heavy atom. The third kappa shape index (κ3) is 10.7. The molecule has 1 aliphatic heterocycles. The van der Waals surface area contributed by atoms with Gasteiger partial charge >= 0.3 is 24.1 Å². The van der Waals surface area contributed by atoms with Crippen LogP contribution in [-0.4, -0.2) is 87.3 Å². The molecule has 1 aromatic heterocycles. The predicted molar refractivity (Wildman–Crippen MR) is 213 cm³/mol. The van der Waals surface area contributed by atoms with Crippen molar-refractivity contribution in [2.24, 2.45) is 11.8 Å². The fourth-order valence-corrected chi connectivity index (χ4v) is 7.49. The number of carbonyl (C=O) groups is 5. The van der Waals surface area contributed by atoms with Crippen molar-refractivity contribution in [2.75, 3.05) is 18.4 Å². The van der Waals surface area contributed by atoms with E-state index in [1.54, 1.807) is 30.3 Å². The van der Waals surface area contributed by atoms with Crippen LogP contribution in [0.2, 0.25) is 0 Å². The Bertz CT molecular complexity index is 2310. The number of alkyl halides is 7. The molecular formula is C42H43F7N8O6. The number of carbonyl (C=O) groups excluding carboxylic acids is 4. The van der Waals surface area contributed by atoms with Crippen LogP contribution in [0.1, 0.15) is 65.8 Å². The maximum atomic E-state index is 14.2. The minimum atomic E-state index is -6.57. The highest BCUT2D eigenvalue weighted by molar-refractivity contribution is 5.99. The summed E-state index contributed by atoms with van der Waals surface area (Å²) in [6.07, 6.45) is -4.30. The van der Waals surface area contributed by atoms with Gasteiger partial charge in [0.25, 0.3) is 5.91 Å². The van der Waals surface area contributed by atoms with E-state index in [1.807, 2.05) is 19.1 Å². The number of H-pyrrole nitrogens is 1. The molecule has 21 heteroatoms. The van der Waals surface area contributed by atoms with E-state index in [2.05, 4.69) is 36.7 Å². The van der Waals surface area contributed by atoms with Crippen LogP contribution in [0.15, 0.2) is 66.7 Å². The first-order chi connectivity index (χ1) is 29.7. The SMILES string of the molecule is Cc1cc(C(=O)NC2CCCNC2=O)ccc1-c1ccc(C[C@H](NC(=O)C2CCC(CNC(=O)O)CC2)C(=O)Nc2ccc(-c3n[nH]c(C(F)(F)C(F)(F)C(F)(F)F)n3)cc2)cc1. The van der Waals surface area contributed by atoms with E-state index >= 15 is 0 Å². The molecule has 5 amide bonds. The minimum absolute atomic E-state index is 0.0252. The predicted octanol–water partition coefficient (Wildman–Crippen LogP) is 6.48. The number of anilines is 1. The zero-order chi connectivity index (χ0) is 45.7. The highest BCUT2D eigenvalue weighted by Crippen LogP contribution is 2.51. The number of amides is 5. The first-order valence-electron chi connectivity index (χ1n) is 20.0. The van der Waals surface area contributed by atoms with Gasteiger partial charge in [-0.15, -0.1) is 0 Å². The van der Waals surface area contributed by atoms with Crippen LogP contribution in [0.25, 0.3) is 22.5 Å². The fourth-order valence-electron chi connectivity index (χ4n) is 7.49. The van der Waals surface area contributed by atoms with Crippen LogP contribution >= 0.6 is 0 Å². The summed E-state index contributed by atoms with van der Waals surface area (Å²) in [7, 11) is 0. The molecule has 4 aromatic rings. The molecule has 2 heterocycles. The largest absolute Gasteiger partial charge is 0.465 e. The molecular weight excluding hydrogens is 845 g/mol. The maximum Gasteiger partial charge on any atom is 0.460 e. The van der Waals surface area contributed by atoms with Crippen LogP contribution in [0.5, 0.6) is 0 Å². The number of aromatic nitrogens is 3. The van der Waals surface area contributed by atoms with Crippen LogP contribution in [-0.2, 0) is 26.7 Å². The van der Waals surface area contributed by atoms with Crippen molar-refractivity contribution in [1.82, 2.24) is 36.4 Å². The van der Waals surface area contributed by atoms with Crippen molar-refractivity contribution in [3.63, 3.8) is 0 Å². The molecule has 1 unspecified atom stereocenters. The molecule has 336 valence electrons. The molecule has 7 N–H and O–H groups in total. The van der Waals surface area contributed by atoms with Crippen molar-refractivity contribution in [3.8, 4) is 22.5 Å². The lowest BCUT2D eigenvalue weighted by atomic mass is 9.81. The quantitative estimate of drug-likeness (QED) is 0.0696. The molecule has 1 saturated heterocycles. The first-order valence-corrected chi connectivity index (χ1v) is 20.0. The monoisotopic (exact) mass is 888 g/mol. The molecule has 2 atom stereocenters. The molecule has 0 spiro atoms. The van der Waals surface area contributed by atoms with Crippen molar-refractivity contribution in [3.05, 3.63) is 89.2 Å². The minimum Gasteiger partial charge on any atom is -0.465 e. The van der Waals surface area contributed by atoms with Gasteiger partial charge in [0, 0.05) is 42.2 Å². The Morgan fingerprint density at radius 1 is 0.873 bits per heavy atom. The summed E-state index contributed by atoms with van der Waals surface area (Å²) < 4.78 is 93.6. The Balaban J connectivity index is 1.15. The molecule has 3 aromatic carbocycles. The Morgan fingerprint density at radius 2 is 1.54 bits per heavy atom. The summed E-state index contributed by atoms with van der Waals surface area (Å²) in [5.74, 6) is -16.9. The second kappa shape index (κ2) is 18.8. The lowest BCUT2D eigenvalue weighted by Gasteiger charge is -2.29. The summed E-state index contributed by atoms with van der Waals surface area (Å²) in [5, 5.41) is 27.1. The number of carboxylic acid groups (broad SMARTS) is 1.